The van der Waals surface area contributed by atoms with Gasteiger partial charge in [0, 0.05) is 0 Å². The third kappa shape index (κ3) is 4.82. The summed E-state index contributed by atoms with van der Waals surface area (Å²) in [7, 11) is 0. The van der Waals surface area contributed by atoms with Crippen LogP contribution in [0.25, 0.3) is 0 Å². The molecule has 0 heterocycles. The molecule has 0 radical (unpaired) electrons. The van der Waals surface area contributed by atoms with Crippen molar-refractivity contribution in [3.05, 3.63) is 12.7 Å². The van der Waals surface area contributed by atoms with Gasteiger partial charge in [0.05, 0.1) is 0 Å². The van der Waals surface area contributed by atoms with E-state index in [1.807, 2.05) is 0 Å². The van der Waals surface area contributed by atoms with E-state index in [2.05, 4.69) is 12.7 Å². The molecular weight excluding hydrogens is 302 g/mol. The van der Waals surface area contributed by atoms with Crippen molar-refractivity contribution in [3.8, 4) is 0 Å². The van der Waals surface area contributed by atoms with Gasteiger partial charge in [0.2, 0.25) is 0 Å². The molecule has 3 rings (SSSR count). The molecule has 138 valence electrons. The lowest BCUT2D eigenvalue weighted by molar-refractivity contribution is 0.0819. The Labute approximate surface area is 147 Å². The number of halogens is 2. The van der Waals surface area contributed by atoms with E-state index in [0.717, 1.165) is 36.5 Å². The van der Waals surface area contributed by atoms with Crippen LogP contribution in [0.5, 0.6) is 0 Å². The zero-order valence-electron chi connectivity index (χ0n) is 15.3. The van der Waals surface area contributed by atoms with Gasteiger partial charge in [-0.05, 0) is 87.4 Å². The van der Waals surface area contributed by atoms with Gasteiger partial charge < -0.3 is 0 Å². The highest BCUT2D eigenvalue weighted by molar-refractivity contribution is 4.88. The average Bonchev–Trinajstić information content (AvgIpc) is 2.63. The predicted octanol–water partition coefficient (Wildman–Crippen LogP) is 7.04. The molecule has 0 N–H and O–H groups in total. The van der Waals surface area contributed by atoms with Gasteiger partial charge in [-0.25, -0.2) is 8.78 Å². The molecule has 3 aliphatic carbocycles. The van der Waals surface area contributed by atoms with Crippen molar-refractivity contribution in [3.63, 3.8) is 0 Å². The molecule has 0 aliphatic heterocycles. The minimum absolute atomic E-state index is 0.443. The Bertz CT molecular complexity index is 377. The lowest BCUT2D eigenvalue weighted by Crippen LogP contribution is -2.28. The minimum atomic E-state index is -1.19. The molecule has 0 saturated heterocycles. The summed E-state index contributed by atoms with van der Waals surface area (Å²) in [4.78, 5) is 0. The maximum atomic E-state index is 13.5. The summed E-state index contributed by atoms with van der Waals surface area (Å²) in [6.07, 6.45) is 15.1. The Morgan fingerprint density at radius 2 is 1.21 bits per heavy atom. The first-order valence-electron chi connectivity index (χ1n) is 10.6. The van der Waals surface area contributed by atoms with Crippen LogP contribution in [0.4, 0.5) is 8.78 Å². The molecule has 0 spiro atoms. The summed E-state index contributed by atoms with van der Waals surface area (Å²) >= 11 is 0. The van der Waals surface area contributed by atoms with E-state index in [9.17, 15) is 8.78 Å². The van der Waals surface area contributed by atoms with Crippen LogP contribution in [-0.4, -0.2) is 12.3 Å². The second-order valence-electron chi connectivity index (χ2n) is 8.98. The van der Waals surface area contributed by atoms with Crippen LogP contribution in [0.3, 0.4) is 0 Å². The Morgan fingerprint density at radius 1 is 0.667 bits per heavy atom. The largest absolute Gasteiger partial charge is 0.244 e. The molecule has 0 nitrogen and oxygen atoms in total. The molecule has 24 heavy (non-hydrogen) atoms. The van der Waals surface area contributed by atoms with E-state index in [1.54, 1.807) is 0 Å². The first-order chi connectivity index (χ1) is 11.7. The molecule has 3 saturated carbocycles. The maximum Gasteiger partial charge on any atom is 0.131 e. The van der Waals surface area contributed by atoms with Crippen LogP contribution in [0.2, 0.25) is 0 Å². The van der Waals surface area contributed by atoms with Crippen LogP contribution in [-0.2, 0) is 0 Å². The van der Waals surface area contributed by atoms with E-state index >= 15 is 0 Å². The van der Waals surface area contributed by atoms with Crippen molar-refractivity contribution in [2.24, 2.45) is 29.6 Å². The van der Waals surface area contributed by atoms with Crippen molar-refractivity contribution in [2.45, 2.75) is 95.8 Å². The van der Waals surface area contributed by atoms with Gasteiger partial charge in [-0.15, -0.1) is 6.58 Å². The smallest absolute Gasteiger partial charge is 0.131 e. The first-order valence-corrected chi connectivity index (χ1v) is 10.6. The van der Waals surface area contributed by atoms with Gasteiger partial charge in [0.25, 0.3) is 0 Å². The molecule has 3 aliphatic rings. The summed E-state index contributed by atoms with van der Waals surface area (Å²) in [6.45, 7) is 3.96. The summed E-state index contributed by atoms with van der Waals surface area (Å²) in [5, 5.41) is 0. The molecule has 3 atom stereocenters. The summed E-state index contributed by atoms with van der Waals surface area (Å²) in [6, 6.07) is 0. The predicted molar refractivity (Wildman–Crippen MR) is 97.5 cm³/mol. The number of hydrogen-bond acceptors (Lipinski definition) is 0. The van der Waals surface area contributed by atoms with Crippen molar-refractivity contribution in [1.82, 2.24) is 0 Å². The molecular formula is C22H36F2. The summed E-state index contributed by atoms with van der Waals surface area (Å²) in [5.41, 5.74) is 0. The van der Waals surface area contributed by atoms with Gasteiger partial charge in [0.1, 0.15) is 12.3 Å². The Hall–Kier alpha value is -0.400. The number of alkyl halides is 2. The molecule has 2 heteroatoms. The van der Waals surface area contributed by atoms with Crippen LogP contribution in [0, 0.1) is 29.6 Å². The monoisotopic (exact) mass is 338 g/mol. The fraction of sp³-hybridized carbons (Fsp3) is 0.909. The quantitative estimate of drug-likeness (QED) is 0.471. The third-order valence-corrected chi connectivity index (χ3v) is 7.49. The molecule has 0 bridgehead atoms. The number of hydrogen-bond donors (Lipinski definition) is 0. The van der Waals surface area contributed by atoms with Gasteiger partial charge in [-0.2, -0.15) is 0 Å². The Balaban J connectivity index is 1.33. The topological polar surface area (TPSA) is 0 Å². The minimum Gasteiger partial charge on any atom is -0.244 e. The number of rotatable bonds is 5. The first kappa shape index (κ1) is 18.4. The molecule has 0 aromatic rings. The fourth-order valence-electron chi connectivity index (χ4n) is 5.69. The van der Waals surface area contributed by atoms with Crippen LogP contribution in [0.1, 0.15) is 83.5 Å². The van der Waals surface area contributed by atoms with E-state index in [1.165, 1.54) is 57.8 Å². The van der Waals surface area contributed by atoms with Crippen molar-refractivity contribution in [2.75, 3.05) is 0 Å². The SMILES string of the molecule is C=CC1CCC(C2CCC(CCC3CCC(F)C(F)C3)CC2)CC1. The zero-order valence-corrected chi connectivity index (χ0v) is 15.3. The van der Waals surface area contributed by atoms with Crippen LogP contribution < -0.4 is 0 Å². The van der Waals surface area contributed by atoms with Gasteiger partial charge >= 0.3 is 0 Å². The Morgan fingerprint density at radius 3 is 1.79 bits per heavy atom. The zero-order chi connectivity index (χ0) is 16.9. The highest BCUT2D eigenvalue weighted by atomic mass is 19.2. The molecule has 3 unspecified atom stereocenters. The van der Waals surface area contributed by atoms with Crippen molar-refractivity contribution < 1.29 is 8.78 Å². The van der Waals surface area contributed by atoms with Crippen molar-refractivity contribution >= 4 is 0 Å². The third-order valence-electron chi connectivity index (χ3n) is 7.49. The normalized spacial score (nSPS) is 44.2. The Kier molecular flexibility index (Phi) is 6.75. The lowest BCUT2D eigenvalue weighted by Gasteiger charge is -2.38. The van der Waals surface area contributed by atoms with E-state index in [0.29, 0.717) is 18.8 Å². The van der Waals surface area contributed by atoms with Crippen LogP contribution in [0.15, 0.2) is 12.7 Å². The van der Waals surface area contributed by atoms with E-state index < -0.39 is 12.3 Å². The van der Waals surface area contributed by atoms with E-state index in [-0.39, 0.29) is 0 Å². The van der Waals surface area contributed by atoms with Gasteiger partial charge in [-0.3, -0.25) is 0 Å². The summed E-state index contributed by atoms with van der Waals surface area (Å²) < 4.78 is 26.8. The maximum absolute atomic E-state index is 13.5. The highest BCUT2D eigenvalue weighted by Gasteiger charge is 2.32. The second-order valence-corrected chi connectivity index (χ2v) is 8.98. The molecule has 0 aromatic heterocycles. The summed E-state index contributed by atoms with van der Waals surface area (Å²) in [5.74, 6) is 4.00. The standard InChI is InChI=1S/C22H36F2/c1-2-16-5-10-19(11-6-16)20-12-7-17(8-13-20)3-4-18-9-14-21(23)22(24)15-18/h2,16-22H,1,3-15H2. The lowest BCUT2D eigenvalue weighted by atomic mass is 9.68. The molecule has 0 amide bonds. The van der Waals surface area contributed by atoms with Gasteiger partial charge in [0.15, 0.2) is 0 Å². The van der Waals surface area contributed by atoms with Crippen LogP contribution >= 0.6 is 0 Å². The fourth-order valence-corrected chi connectivity index (χ4v) is 5.69. The molecule has 0 aromatic carbocycles. The highest BCUT2D eigenvalue weighted by Crippen LogP contribution is 2.43. The molecule has 3 fully saturated rings. The van der Waals surface area contributed by atoms with Crippen molar-refractivity contribution in [1.29, 1.82) is 0 Å². The number of allylic oxidation sites excluding steroid dienone is 1. The average molecular weight is 339 g/mol. The van der Waals surface area contributed by atoms with Gasteiger partial charge in [-0.1, -0.05) is 31.8 Å². The van der Waals surface area contributed by atoms with E-state index in [4.69, 9.17) is 0 Å². The second kappa shape index (κ2) is 8.81.